The van der Waals surface area contributed by atoms with Gasteiger partial charge >= 0.3 is 5.97 Å². The molecule has 0 bridgehead atoms. The van der Waals surface area contributed by atoms with Crippen molar-refractivity contribution in [3.8, 4) is 0 Å². The molecule has 0 aliphatic rings. The van der Waals surface area contributed by atoms with Crippen LogP contribution in [0.15, 0.2) is 0 Å². The fourth-order valence-corrected chi connectivity index (χ4v) is 1.90. The third-order valence-corrected chi connectivity index (χ3v) is 2.91. The van der Waals surface area contributed by atoms with Gasteiger partial charge in [-0.25, -0.2) is 0 Å². The van der Waals surface area contributed by atoms with E-state index in [-0.39, 0.29) is 17.5 Å². The van der Waals surface area contributed by atoms with Crippen LogP contribution < -0.4 is 0 Å². The van der Waals surface area contributed by atoms with Crippen molar-refractivity contribution in [2.24, 2.45) is 5.92 Å². The van der Waals surface area contributed by atoms with E-state index in [9.17, 15) is 14.4 Å². The van der Waals surface area contributed by atoms with Crippen molar-refractivity contribution >= 4 is 17.5 Å². The number of hydrogen-bond donors (Lipinski definition) is 0. The van der Waals surface area contributed by atoms with Crippen LogP contribution >= 0.6 is 0 Å². The number of ketones is 2. The van der Waals surface area contributed by atoms with Crippen molar-refractivity contribution < 1.29 is 19.1 Å². The highest BCUT2D eigenvalue weighted by Crippen LogP contribution is 2.13. The lowest BCUT2D eigenvalue weighted by Gasteiger charge is -2.09. The number of ether oxygens (including phenoxy) is 1. The lowest BCUT2D eigenvalue weighted by molar-refractivity contribution is -0.143. The summed E-state index contributed by atoms with van der Waals surface area (Å²) in [5.41, 5.74) is 0. The summed E-state index contributed by atoms with van der Waals surface area (Å²) in [6.07, 6.45) is 4.62. The Labute approximate surface area is 109 Å². The zero-order chi connectivity index (χ0) is 14.0. The van der Waals surface area contributed by atoms with Crippen molar-refractivity contribution in [3.63, 3.8) is 0 Å². The van der Waals surface area contributed by atoms with Gasteiger partial charge in [-0.05, 0) is 33.6 Å². The molecule has 18 heavy (non-hydrogen) atoms. The fourth-order valence-electron chi connectivity index (χ4n) is 1.90. The molecule has 104 valence electrons. The minimum Gasteiger partial charge on any atom is -0.466 e. The van der Waals surface area contributed by atoms with Gasteiger partial charge in [-0.2, -0.15) is 0 Å². The quantitative estimate of drug-likeness (QED) is 0.342. The van der Waals surface area contributed by atoms with Crippen molar-refractivity contribution in [1.29, 1.82) is 0 Å². The molecule has 0 amide bonds. The maximum Gasteiger partial charge on any atom is 0.305 e. The van der Waals surface area contributed by atoms with Crippen molar-refractivity contribution in [2.45, 2.75) is 59.3 Å². The summed E-state index contributed by atoms with van der Waals surface area (Å²) in [4.78, 5) is 33.4. The van der Waals surface area contributed by atoms with Crippen LogP contribution in [0, 0.1) is 5.92 Å². The van der Waals surface area contributed by atoms with Gasteiger partial charge in [0.2, 0.25) is 0 Å². The van der Waals surface area contributed by atoms with E-state index in [2.05, 4.69) is 0 Å². The number of rotatable bonds is 10. The predicted molar refractivity (Wildman–Crippen MR) is 69.2 cm³/mol. The number of esters is 1. The third kappa shape index (κ3) is 7.98. The molecule has 0 rings (SSSR count). The minimum atomic E-state index is -0.435. The Kier molecular flexibility index (Phi) is 9.15. The van der Waals surface area contributed by atoms with Gasteiger partial charge in [-0.3, -0.25) is 14.4 Å². The first-order valence-corrected chi connectivity index (χ1v) is 6.65. The van der Waals surface area contributed by atoms with Crippen LogP contribution in [-0.2, 0) is 19.1 Å². The molecule has 0 atom stereocenters. The minimum absolute atomic E-state index is 0.0472. The standard InChI is InChI=1S/C14H24O4/c1-4-18-14(17)10-8-6-5-7-9-13(11(2)15)12(3)16/h13H,4-10H2,1-3H3. The summed E-state index contributed by atoms with van der Waals surface area (Å²) in [6, 6.07) is 0. The van der Waals surface area contributed by atoms with E-state index in [1.165, 1.54) is 13.8 Å². The van der Waals surface area contributed by atoms with E-state index in [1.54, 1.807) is 6.92 Å². The molecular weight excluding hydrogens is 232 g/mol. The molecule has 0 unspecified atom stereocenters. The summed E-state index contributed by atoms with van der Waals surface area (Å²) in [5.74, 6) is -0.680. The lowest BCUT2D eigenvalue weighted by atomic mass is 9.94. The highest BCUT2D eigenvalue weighted by Gasteiger charge is 2.18. The monoisotopic (exact) mass is 256 g/mol. The maximum atomic E-state index is 11.2. The van der Waals surface area contributed by atoms with E-state index < -0.39 is 5.92 Å². The van der Waals surface area contributed by atoms with Gasteiger partial charge in [-0.1, -0.05) is 19.3 Å². The molecule has 0 fully saturated rings. The van der Waals surface area contributed by atoms with Gasteiger partial charge < -0.3 is 4.74 Å². The predicted octanol–water partition coefficient (Wildman–Crippen LogP) is 2.68. The topological polar surface area (TPSA) is 60.4 Å². The number of carbonyl (C=O) groups excluding carboxylic acids is 3. The Balaban J connectivity index is 3.58. The molecule has 0 aliphatic carbocycles. The molecule has 0 saturated carbocycles. The molecule has 0 heterocycles. The van der Waals surface area contributed by atoms with Crippen molar-refractivity contribution in [3.05, 3.63) is 0 Å². The summed E-state index contributed by atoms with van der Waals surface area (Å²) in [5, 5.41) is 0. The molecule has 4 nitrogen and oxygen atoms in total. The van der Waals surface area contributed by atoms with E-state index in [0.29, 0.717) is 19.4 Å². The normalized spacial score (nSPS) is 10.4. The largest absolute Gasteiger partial charge is 0.466 e. The highest BCUT2D eigenvalue weighted by molar-refractivity contribution is 6.00. The first kappa shape index (κ1) is 16.8. The maximum absolute atomic E-state index is 11.2. The summed E-state index contributed by atoms with van der Waals surface area (Å²) in [6.45, 7) is 5.15. The molecule has 0 radical (unpaired) electrons. The van der Waals surface area contributed by atoms with Crippen LogP contribution in [-0.4, -0.2) is 24.1 Å². The highest BCUT2D eigenvalue weighted by atomic mass is 16.5. The number of unbranched alkanes of at least 4 members (excludes halogenated alkanes) is 3. The van der Waals surface area contributed by atoms with Crippen LogP contribution in [0.2, 0.25) is 0 Å². The molecule has 0 saturated heterocycles. The molecule has 0 N–H and O–H groups in total. The van der Waals surface area contributed by atoms with Crippen LogP contribution in [0.25, 0.3) is 0 Å². The second-order valence-electron chi connectivity index (χ2n) is 4.53. The van der Waals surface area contributed by atoms with Crippen LogP contribution in [0.4, 0.5) is 0 Å². The number of hydrogen-bond acceptors (Lipinski definition) is 4. The Morgan fingerprint density at radius 2 is 1.50 bits per heavy atom. The van der Waals surface area contributed by atoms with Crippen molar-refractivity contribution in [1.82, 2.24) is 0 Å². The zero-order valence-electron chi connectivity index (χ0n) is 11.7. The van der Waals surface area contributed by atoms with E-state index in [1.807, 2.05) is 0 Å². The summed E-state index contributed by atoms with van der Waals surface area (Å²) < 4.78 is 4.82. The Morgan fingerprint density at radius 3 is 2.00 bits per heavy atom. The Hall–Kier alpha value is -1.19. The van der Waals surface area contributed by atoms with Gasteiger partial charge in [0.15, 0.2) is 0 Å². The van der Waals surface area contributed by atoms with Crippen LogP contribution in [0.3, 0.4) is 0 Å². The molecule has 4 heteroatoms. The number of carbonyl (C=O) groups is 3. The summed E-state index contributed by atoms with van der Waals surface area (Å²) >= 11 is 0. The lowest BCUT2D eigenvalue weighted by Crippen LogP contribution is -2.19. The van der Waals surface area contributed by atoms with E-state index in [0.717, 1.165) is 25.7 Å². The summed E-state index contributed by atoms with van der Waals surface area (Å²) in [7, 11) is 0. The Morgan fingerprint density at radius 1 is 0.944 bits per heavy atom. The smallest absolute Gasteiger partial charge is 0.305 e. The first-order valence-electron chi connectivity index (χ1n) is 6.65. The van der Waals surface area contributed by atoms with Gasteiger partial charge in [0.1, 0.15) is 11.6 Å². The molecule has 0 aromatic rings. The second-order valence-corrected chi connectivity index (χ2v) is 4.53. The molecule has 0 aromatic carbocycles. The van der Waals surface area contributed by atoms with Gasteiger partial charge in [-0.15, -0.1) is 0 Å². The molecule has 0 aromatic heterocycles. The van der Waals surface area contributed by atoms with Crippen LogP contribution in [0.5, 0.6) is 0 Å². The third-order valence-electron chi connectivity index (χ3n) is 2.91. The molecule has 0 aliphatic heterocycles. The fraction of sp³-hybridized carbons (Fsp3) is 0.786. The SMILES string of the molecule is CCOC(=O)CCCCCCC(C(C)=O)C(C)=O. The zero-order valence-corrected chi connectivity index (χ0v) is 11.7. The molecule has 0 spiro atoms. The van der Waals surface area contributed by atoms with E-state index in [4.69, 9.17) is 4.74 Å². The van der Waals surface area contributed by atoms with Gasteiger partial charge in [0.05, 0.1) is 12.5 Å². The Bertz CT molecular complexity index is 270. The van der Waals surface area contributed by atoms with Gasteiger partial charge in [0.25, 0.3) is 0 Å². The first-order chi connectivity index (χ1) is 8.49. The van der Waals surface area contributed by atoms with Crippen molar-refractivity contribution in [2.75, 3.05) is 6.61 Å². The average molecular weight is 256 g/mol. The van der Waals surface area contributed by atoms with Gasteiger partial charge in [0, 0.05) is 6.42 Å². The average Bonchev–Trinajstić information content (AvgIpc) is 2.27. The van der Waals surface area contributed by atoms with Crippen LogP contribution in [0.1, 0.15) is 59.3 Å². The second kappa shape index (κ2) is 9.80. The molecular formula is C14H24O4. The number of Topliss-reactive ketones (excluding diaryl/α,β-unsaturated/α-hetero) is 2. The van der Waals surface area contributed by atoms with E-state index >= 15 is 0 Å².